The Balaban J connectivity index is 2.45. The second-order valence-corrected chi connectivity index (χ2v) is 5.72. The molecule has 8 heteroatoms. The summed E-state index contributed by atoms with van der Waals surface area (Å²) < 4.78 is 26.1. The molecular weight excluding hydrogens is 276 g/mol. The molecule has 0 fully saturated rings. The molecule has 0 amide bonds. The van der Waals surface area contributed by atoms with E-state index in [2.05, 4.69) is 14.7 Å². The Morgan fingerprint density at radius 2 is 1.94 bits per heavy atom. The molecule has 0 bridgehead atoms. The fourth-order valence-corrected chi connectivity index (χ4v) is 2.46. The molecule has 1 aromatic carbocycles. The third kappa shape index (κ3) is 4.93. The van der Waals surface area contributed by atoms with Crippen LogP contribution in [0.15, 0.2) is 34.3 Å². The van der Waals surface area contributed by atoms with Gasteiger partial charge in [0.05, 0.1) is 4.90 Å². The third-order valence-electron chi connectivity index (χ3n) is 2.16. The predicted octanol–water partition coefficient (Wildman–Crippen LogP) is 2.71. The van der Waals surface area contributed by atoms with Crippen molar-refractivity contribution >= 4 is 21.6 Å². The number of azide groups is 1. The summed E-state index contributed by atoms with van der Waals surface area (Å²) in [7, 11) is -3.48. The van der Waals surface area contributed by atoms with E-state index in [-0.39, 0.29) is 4.90 Å². The molecule has 1 N–H and O–H groups in total. The van der Waals surface area contributed by atoms with Crippen molar-refractivity contribution in [3.8, 4) is 0 Å². The second-order valence-electron chi connectivity index (χ2n) is 3.51. The normalized spacial score (nSPS) is 10.9. The van der Waals surface area contributed by atoms with E-state index in [4.69, 9.17) is 17.1 Å². The first-order chi connectivity index (χ1) is 8.56. The van der Waals surface area contributed by atoms with Crippen LogP contribution in [0, 0.1) is 0 Å². The molecule has 0 unspecified atom stereocenters. The number of benzene rings is 1. The smallest absolute Gasteiger partial charge is 0.211 e. The summed E-state index contributed by atoms with van der Waals surface area (Å²) >= 11 is 5.68. The van der Waals surface area contributed by atoms with Gasteiger partial charge in [0.15, 0.2) is 0 Å². The third-order valence-corrected chi connectivity index (χ3v) is 3.89. The van der Waals surface area contributed by atoms with Gasteiger partial charge in [-0.3, -0.25) is 0 Å². The molecule has 1 aromatic rings. The molecular formula is C10H13ClN4O2S. The maximum atomic E-state index is 11.8. The van der Waals surface area contributed by atoms with E-state index >= 15 is 0 Å². The van der Waals surface area contributed by atoms with Crippen molar-refractivity contribution in [2.24, 2.45) is 5.11 Å². The van der Waals surface area contributed by atoms with Crippen molar-refractivity contribution in [1.82, 2.24) is 4.72 Å². The molecule has 0 aliphatic rings. The molecule has 6 nitrogen and oxygen atoms in total. The van der Waals surface area contributed by atoms with Crippen molar-refractivity contribution in [3.63, 3.8) is 0 Å². The van der Waals surface area contributed by atoms with E-state index < -0.39 is 10.0 Å². The van der Waals surface area contributed by atoms with Gasteiger partial charge in [-0.15, -0.1) is 0 Å². The Hall–Kier alpha value is -1.27. The highest BCUT2D eigenvalue weighted by Crippen LogP contribution is 2.13. The molecule has 0 aliphatic heterocycles. The van der Waals surface area contributed by atoms with E-state index in [1.807, 2.05) is 0 Å². The van der Waals surface area contributed by atoms with Gasteiger partial charge in [0.2, 0.25) is 10.0 Å². The summed E-state index contributed by atoms with van der Waals surface area (Å²) in [5.74, 6) is 0. The van der Waals surface area contributed by atoms with Gasteiger partial charge in [0.1, 0.15) is 0 Å². The molecule has 0 aliphatic carbocycles. The summed E-state index contributed by atoms with van der Waals surface area (Å²) in [6, 6.07) is 5.95. The fourth-order valence-electron chi connectivity index (χ4n) is 1.26. The lowest BCUT2D eigenvalue weighted by atomic mass is 10.3. The van der Waals surface area contributed by atoms with Gasteiger partial charge in [-0.1, -0.05) is 16.7 Å². The fraction of sp³-hybridized carbons (Fsp3) is 0.400. The van der Waals surface area contributed by atoms with Gasteiger partial charge in [-0.25, -0.2) is 13.1 Å². The summed E-state index contributed by atoms with van der Waals surface area (Å²) in [5.41, 5.74) is 8.06. The number of halogens is 1. The first-order valence-electron chi connectivity index (χ1n) is 5.32. The number of nitrogens with zero attached hydrogens (tertiary/aromatic N) is 3. The van der Waals surface area contributed by atoms with Crippen molar-refractivity contribution in [2.45, 2.75) is 17.7 Å². The minimum Gasteiger partial charge on any atom is -0.211 e. The van der Waals surface area contributed by atoms with E-state index in [1.165, 1.54) is 24.3 Å². The lowest BCUT2D eigenvalue weighted by molar-refractivity contribution is 0.577. The first kappa shape index (κ1) is 14.8. The number of hydrogen-bond acceptors (Lipinski definition) is 3. The van der Waals surface area contributed by atoms with Crippen molar-refractivity contribution in [3.05, 3.63) is 39.7 Å². The van der Waals surface area contributed by atoms with Crippen LogP contribution in [0.1, 0.15) is 12.8 Å². The highest BCUT2D eigenvalue weighted by Gasteiger charge is 2.12. The van der Waals surface area contributed by atoms with Crippen LogP contribution in [-0.2, 0) is 10.0 Å². The molecule has 0 radical (unpaired) electrons. The number of sulfonamides is 1. The summed E-state index contributed by atoms with van der Waals surface area (Å²) in [4.78, 5) is 2.79. The molecule has 0 heterocycles. The number of nitrogens with one attached hydrogen (secondary N) is 1. The Kier molecular flexibility index (Phi) is 5.94. The SMILES string of the molecule is [N-]=[N+]=NCCCCNS(=O)(=O)c1ccc(Cl)cc1. The van der Waals surface area contributed by atoms with Crippen LogP contribution in [0.5, 0.6) is 0 Å². The summed E-state index contributed by atoms with van der Waals surface area (Å²) in [6.07, 6.45) is 1.26. The standard InChI is InChI=1S/C10H13ClN4O2S/c11-9-3-5-10(6-4-9)18(16,17)14-8-2-1-7-13-15-12/h3-6,14H,1-2,7-8H2. The number of hydrogen-bond donors (Lipinski definition) is 1. The van der Waals surface area contributed by atoms with Gasteiger partial charge in [-0.05, 0) is 42.6 Å². The lowest BCUT2D eigenvalue weighted by Gasteiger charge is -2.06. The van der Waals surface area contributed by atoms with Crippen molar-refractivity contribution < 1.29 is 8.42 Å². The van der Waals surface area contributed by atoms with Crippen LogP contribution >= 0.6 is 11.6 Å². The van der Waals surface area contributed by atoms with Crippen LogP contribution in [0.2, 0.25) is 5.02 Å². The van der Waals surface area contributed by atoms with E-state index in [0.717, 1.165) is 0 Å². The summed E-state index contributed by atoms with van der Waals surface area (Å²) in [5, 5.41) is 3.85. The molecule has 1 rings (SSSR count). The van der Waals surface area contributed by atoms with Crippen molar-refractivity contribution in [2.75, 3.05) is 13.1 Å². The van der Waals surface area contributed by atoms with Gasteiger partial charge >= 0.3 is 0 Å². The molecule has 0 saturated heterocycles. The Bertz CT molecular complexity index is 523. The molecule has 0 spiro atoms. The zero-order valence-corrected chi connectivity index (χ0v) is 11.2. The highest BCUT2D eigenvalue weighted by atomic mass is 35.5. The lowest BCUT2D eigenvalue weighted by Crippen LogP contribution is -2.24. The maximum Gasteiger partial charge on any atom is 0.240 e. The average Bonchev–Trinajstić information content (AvgIpc) is 2.34. The van der Waals surface area contributed by atoms with Gasteiger partial charge < -0.3 is 0 Å². The van der Waals surface area contributed by atoms with Crippen LogP contribution in [0.4, 0.5) is 0 Å². The van der Waals surface area contributed by atoms with Gasteiger partial charge in [0.25, 0.3) is 0 Å². The Morgan fingerprint density at radius 1 is 1.28 bits per heavy atom. The topological polar surface area (TPSA) is 94.9 Å². The van der Waals surface area contributed by atoms with Gasteiger partial charge in [0, 0.05) is 23.0 Å². The van der Waals surface area contributed by atoms with E-state index in [1.54, 1.807) is 0 Å². The van der Waals surface area contributed by atoms with Crippen LogP contribution in [-0.4, -0.2) is 21.5 Å². The largest absolute Gasteiger partial charge is 0.240 e. The van der Waals surface area contributed by atoms with Crippen LogP contribution in [0.3, 0.4) is 0 Å². The van der Waals surface area contributed by atoms with Crippen LogP contribution in [0.25, 0.3) is 10.4 Å². The zero-order valence-electron chi connectivity index (χ0n) is 9.58. The maximum absolute atomic E-state index is 11.8. The molecule has 0 atom stereocenters. The molecule has 0 aromatic heterocycles. The number of unbranched alkanes of at least 4 members (excludes halogenated alkanes) is 1. The quantitative estimate of drug-likeness (QED) is 0.361. The number of rotatable bonds is 7. The second kappa shape index (κ2) is 7.23. The highest BCUT2D eigenvalue weighted by molar-refractivity contribution is 7.89. The van der Waals surface area contributed by atoms with E-state index in [0.29, 0.717) is 31.0 Å². The molecule has 0 saturated carbocycles. The van der Waals surface area contributed by atoms with E-state index in [9.17, 15) is 8.42 Å². The minimum absolute atomic E-state index is 0.182. The Labute approximate surface area is 111 Å². The monoisotopic (exact) mass is 288 g/mol. The first-order valence-corrected chi connectivity index (χ1v) is 7.18. The average molecular weight is 289 g/mol. The predicted molar refractivity (Wildman–Crippen MR) is 69.9 cm³/mol. The zero-order chi connectivity index (χ0) is 13.4. The molecule has 18 heavy (non-hydrogen) atoms. The van der Waals surface area contributed by atoms with Crippen LogP contribution < -0.4 is 4.72 Å². The minimum atomic E-state index is -3.48. The summed E-state index contributed by atoms with van der Waals surface area (Å²) in [6.45, 7) is 0.686. The molecule has 98 valence electrons. The Morgan fingerprint density at radius 3 is 2.56 bits per heavy atom. The van der Waals surface area contributed by atoms with Gasteiger partial charge in [-0.2, -0.15) is 0 Å². The van der Waals surface area contributed by atoms with Crippen molar-refractivity contribution in [1.29, 1.82) is 0 Å².